The molecular formula is C94H148N4O10. The second-order valence-corrected chi connectivity index (χ2v) is 32.7. The summed E-state index contributed by atoms with van der Waals surface area (Å²) < 4.78 is 24.7. The molecule has 1 atom stereocenters. The smallest absolute Gasteiger partial charge is 0.305 e. The van der Waals surface area contributed by atoms with E-state index in [1.165, 1.54) is 231 Å². The van der Waals surface area contributed by atoms with Crippen molar-refractivity contribution in [2.24, 2.45) is 0 Å². The van der Waals surface area contributed by atoms with Crippen LogP contribution in [0.25, 0.3) is 27.1 Å². The minimum atomic E-state index is -1.35. The molecule has 14 heteroatoms. The van der Waals surface area contributed by atoms with E-state index in [0.717, 1.165) is 111 Å². The van der Waals surface area contributed by atoms with Gasteiger partial charge in [0, 0.05) is 53.4 Å². The fraction of sp³-hybridized carbons (Fsp3) is 0.713. The molecule has 5 N–H and O–H groups in total. The van der Waals surface area contributed by atoms with E-state index in [2.05, 4.69) is 49.0 Å². The van der Waals surface area contributed by atoms with Gasteiger partial charge in [-0.25, -0.2) is 0 Å². The Kier molecular flexibility index (Phi) is 43.4. The number of aliphatic hydroxyl groups is 1. The van der Waals surface area contributed by atoms with E-state index in [9.17, 15) is 24.3 Å². The Morgan fingerprint density at radius 3 is 0.870 bits per heavy atom. The molecule has 0 fully saturated rings. The maximum Gasteiger partial charge on any atom is 0.305 e. The molecule has 1 unspecified atom stereocenters. The van der Waals surface area contributed by atoms with Crippen molar-refractivity contribution in [3.63, 3.8) is 0 Å². The number of ketones is 1. The lowest BCUT2D eigenvalue weighted by atomic mass is 9.73. The molecule has 1 aliphatic carbocycles. The molecule has 2 heterocycles. The first-order valence-corrected chi connectivity index (χ1v) is 44.8. The number of carbonyl (C=O) groups excluding carboxylic acids is 5. The van der Waals surface area contributed by atoms with Crippen molar-refractivity contribution in [2.75, 3.05) is 47.7 Å². The van der Waals surface area contributed by atoms with E-state index in [1.807, 2.05) is 60.7 Å². The van der Waals surface area contributed by atoms with Gasteiger partial charge >= 0.3 is 23.9 Å². The highest BCUT2D eigenvalue weighted by molar-refractivity contribution is 6.34. The van der Waals surface area contributed by atoms with E-state index in [0.29, 0.717) is 46.7 Å². The van der Waals surface area contributed by atoms with Crippen molar-refractivity contribution >= 4 is 79.5 Å². The lowest BCUT2D eigenvalue weighted by molar-refractivity contribution is -0.150. The molecular weight excluding hydrogens is 1350 g/mol. The highest BCUT2D eigenvalue weighted by atomic mass is 16.6. The molecule has 3 aliphatic rings. The lowest BCUT2D eigenvalue weighted by Gasteiger charge is -2.43. The number of ether oxygens (including phenoxy) is 4. The monoisotopic (exact) mass is 1490 g/mol. The Bertz CT molecular complexity index is 3180. The molecule has 604 valence electrons. The number of unbranched alkanes of at least 4 members (excludes halogenated alkanes) is 48. The van der Waals surface area contributed by atoms with Gasteiger partial charge in [0.2, 0.25) is 0 Å². The van der Waals surface area contributed by atoms with Gasteiger partial charge in [0.05, 0.1) is 16.9 Å². The van der Waals surface area contributed by atoms with E-state index < -0.39 is 17.2 Å². The second kappa shape index (κ2) is 52.8. The summed E-state index contributed by atoms with van der Waals surface area (Å²) in [6.45, 7) is 8.31. The Hall–Kier alpha value is -6.31. The number of rotatable bonds is 66. The predicted octanol–water partition coefficient (Wildman–Crippen LogP) is 26.8. The maximum atomic E-state index is 15.5. The SMILES string of the molecule is CCCCCCCCCCCCCCCC(=O)OCC1(COC(=O)CCCCCCCCCCCCCCC)Nc2cccc3ccc(C4=C(O)C(c5ccc6cccc7c6c5NC(COC(=O)CCCCCCCCCCCCCCC)(COC(=O)CCCCCCCCCCCCCCC)N7)C4=O)c(c23)N1. The van der Waals surface area contributed by atoms with E-state index >= 15 is 4.79 Å². The number of hydrogen-bond acceptors (Lipinski definition) is 14. The fourth-order valence-electron chi connectivity index (χ4n) is 16.4. The second-order valence-electron chi connectivity index (χ2n) is 32.7. The average Bonchev–Trinajstić information content (AvgIpc) is 0.711. The molecule has 0 spiro atoms. The molecule has 2 aliphatic heterocycles. The standard InChI is InChI=1S/C94H148N4O10/c1-5-9-13-17-21-25-29-33-37-41-45-49-53-63-81(99)105-71-93(72-106-82(100)64-54-50-46-42-38-34-30-26-22-18-14-10-6-2)95-79-61-57-59-75-67-69-77(89(97-93)85(75)79)87-91(103)88(92(87)104)78-70-68-76-60-58-62-80-86(76)90(78)98-94(96-80,73-107-83(101)65-55-51-47-43-39-35-31-27-23-19-15-11-7-3)74-108-84(102)66-56-52-48-44-40-36-32-28-24-20-16-12-8-4/h57-62,67-70,87,95-98,103H,5-56,63-66,71-74H2,1-4H3. The number of nitrogens with one attached hydrogen (secondary N) is 4. The quantitative estimate of drug-likeness (QED) is 0.0159. The van der Waals surface area contributed by atoms with Crippen LogP contribution >= 0.6 is 0 Å². The van der Waals surface area contributed by atoms with Crippen LogP contribution in [0.3, 0.4) is 0 Å². The third-order valence-electron chi connectivity index (χ3n) is 23.1. The van der Waals surface area contributed by atoms with Crippen molar-refractivity contribution in [2.45, 2.75) is 405 Å². The number of anilines is 4. The average molecular weight is 1490 g/mol. The topological polar surface area (TPSA) is 191 Å². The largest absolute Gasteiger partial charge is 0.510 e. The van der Waals surface area contributed by atoms with Gasteiger partial charge in [0.25, 0.3) is 0 Å². The van der Waals surface area contributed by atoms with Crippen molar-refractivity contribution in [3.8, 4) is 0 Å². The van der Waals surface area contributed by atoms with Crippen molar-refractivity contribution < 1.29 is 48.0 Å². The first kappa shape index (κ1) is 88.9. The summed E-state index contributed by atoms with van der Waals surface area (Å²) in [6.07, 6.45) is 63.5. The lowest BCUT2D eigenvalue weighted by Crippen LogP contribution is -2.56. The number of carbonyl (C=O) groups is 5. The summed E-state index contributed by atoms with van der Waals surface area (Å²) in [4.78, 5) is 70.6. The van der Waals surface area contributed by atoms with Crippen LogP contribution in [-0.2, 0) is 42.9 Å². The molecule has 0 aromatic heterocycles. The predicted molar refractivity (Wildman–Crippen MR) is 450 cm³/mol. The van der Waals surface area contributed by atoms with E-state index in [1.54, 1.807) is 0 Å². The van der Waals surface area contributed by atoms with E-state index in [4.69, 9.17) is 18.9 Å². The van der Waals surface area contributed by atoms with Gasteiger partial charge in [-0.05, 0) is 54.2 Å². The molecule has 0 bridgehead atoms. The minimum absolute atomic E-state index is 0.125. The van der Waals surface area contributed by atoms with Crippen molar-refractivity contribution in [1.29, 1.82) is 0 Å². The summed E-state index contributed by atoms with van der Waals surface area (Å²) in [7, 11) is 0. The van der Waals surface area contributed by atoms with Crippen LogP contribution in [0.4, 0.5) is 22.7 Å². The van der Waals surface area contributed by atoms with Crippen molar-refractivity contribution in [3.05, 3.63) is 77.5 Å². The first-order chi connectivity index (χ1) is 53.0. The Labute approximate surface area is 653 Å². The van der Waals surface area contributed by atoms with Gasteiger partial charge < -0.3 is 45.3 Å². The number of hydrogen-bond donors (Lipinski definition) is 5. The Morgan fingerprint density at radius 2 is 0.583 bits per heavy atom. The van der Waals surface area contributed by atoms with Crippen molar-refractivity contribution in [1.82, 2.24) is 0 Å². The van der Waals surface area contributed by atoms with Crippen LogP contribution in [0.15, 0.2) is 66.4 Å². The number of esters is 4. The normalized spacial score (nSPS) is 14.6. The minimum Gasteiger partial charge on any atom is -0.510 e. The highest BCUT2D eigenvalue weighted by Gasteiger charge is 2.48. The van der Waals surface area contributed by atoms with Crippen LogP contribution in [-0.4, -0.2) is 72.5 Å². The zero-order valence-electron chi connectivity index (χ0n) is 68.4. The summed E-state index contributed by atoms with van der Waals surface area (Å²) in [5, 5.41) is 30.6. The zero-order chi connectivity index (χ0) is 76.5. The molecule has 0 radical (unpaired) electrons. The van der Waals surface area contributed by atoms with Gasteiger partial charge in [-0.2, -0.15) is 0 Å². The van der Waals surface area contributed by atoms with Gasteiger partial charge in [-0.15, -0.1) is 0 Å². The Morgan fingerprint density at radius 1 is 0.324 bits per heavy atom. The highest BCUT2D eigenvalue weighted by Crippen LogP contribution is 2.53. The third-order valence-corrected chi connectivity index (χ3v) is 23.1. The molecule has 4 aromatic carbocycles. The van der Waals surface area contributed by atoms with Crippen LogP contribution in [0.5, 0.6) is 0 Å². The number of benzene rings is 4. The molecule has 0 saturated heterocycles. The molecule has 14 nitrogen and oxygen atoms in total. The molecule has 0 saturated carbocycles. The van der Waals surface area contributed by atoms with Gasteiger partial charge in [0.1, 0.15) is 38.1 Å². The van der Waals surface area contributed by atoms with Gasteiger partial charge in [-0.1, -0.05) is 384 Å². The zero-order valence-corrected chi connectivity index (χ0v) is 68.4. The summed E-state index contributed by atoms with van der Waals surface area (Å²) in [5.74, 6) is -2.87. The molecule has 0 amide bonds. The molecule has 7 rings (SSSR count). The van der Waals surface area contributed by atoms with Gasteiger partial charge in [-0.3, -0.25) is 24.0 Å². The summed E-state index contributed by atoms with van der Waals surface area (Å²) in [5.41, 5.74) is 0.940. The Balaban J connectivity index is 1.05. The summed E-state index contributed by atoms with van der Waals surface area (Å²) in [6, 6.07) is 19.4. The van der Waals surface area contributed by atoms with Crippen LogP contribution in [0.2, 0.25) is 0 Å². The number of allylic oxidation sites excluding steroid dienone is 2. The van der Waals surface area contributed by atoms with E-state index in [-0.39, 0.29) is 93.1 Å². The van der Waals surface area contributed by atoms with Crippen LogP contribution < -0.4 is 21.3 Å². The summed E-state index contributed by atoms with van der Waals surface area (Å²) >= 11 is 0. The molecule has 108 heavy (non-hydrogen) atoms. The van der Waals surface area contributed by atoms with Crippen LogP contribution in [0, 0.1) is 0 Å². The number of Topliss-reactive ketones (excluding diaryl/α,β-unsaturated/α-hetero) is 1. The first-order valence-electron chi connectivity index (χ1n) is 44.8. The van der Waals surface area contributed by atoms with Crippen LogP contribution in [0.1, 0.15) is 404 Å². The maximum absolute atomic E-state index is 15.5. The third kappa shape index (κ3) is 31.5. The molecule has 4 aromatic rings. The fourth-order valence-corrected chi connectivity index (χ4v) is 16.4. The number of aliphatic hydroxyl groups excluding tert-OH is 1. The van der Waals surface area contributed by atoms with Gasteiger partial charge in [0.15, 0.2) is 17.1 Å².